The second-order valence-corrected chi connectivity index (χ2v) is 4.59. The third-order valence-corrected chi connectivity index (χ3v) is 3.07. The fourth-order valence-electron chi connectivity index (χ4n) is 1.73. The maximum atomic E-state index is 13.4. The van der Waals surface area contributed by atoms with Crippen LogP contribution in [0.1, 0.15) is 31.8 Å². The number of ketones is 2. The molecular weight excluding hydrogens is 262 g/mol. The lowest BCUT2D eigenvalue weighted by molar-refractivity contribution is 0.0816. The van der Waals surface area contributed by atoms with Gasteiger partial charge in [0, 0.05) is 11.1 Å². The molecule has 0 N–H and O–H groups in total. The standard InChI is InChI=1S/C16H12F2O2/c1-9-3-5-11(7-13(9)17)15(19)16(20)12-6-4-10(2)14(18)8-12/h3-8H,1-2H3. The second kappa shape index (κ2) is 5.33. The Morgan fingerprint density at radius 1 is 0.750 bits per heavy atom. The van der Waals surface area contributed by atoms with E-state index in [9.17, 15) is 18.4 Å². The summed E-state index contributed by atoms with van der Waals surface area (Å²) in [5.74, 6) is -2.82. The number of carbonyl (C=O) groups is 2. The lowest BCUT2D eigenvalue weighted by atomic mass is 9.99. The summed E-state index contributed by atoms with van der Waals surface area (Å²) in [6, 6.07) is 7.63. The van der Waals surface area contributed by atoms with E-state index in [0.717, 1.165) is 12.1 Å². The Morgan fingerprint density at radius 2 is 1.10 bits per heavy atom. The molecule has 0 spiro atoms. The van der Waals surface area contributed by atoms with E-state index in [4.69, 9.17) is 0 Å². The molecule has 0 amide bonds. The van der Waals surface area contributed by atoms with Crippen LogP contribution in [0, 0.1) is 25.5 Å². The fourth-order valence-corrected chi connectivity index (χ4v) is 1.73. The van der Waals surface area contributed by atoms with E-state index >= 15 is 0 Å². The molecule has 0 aliphatic heterocycles. The fraction of sp³-hybridized carbons (Fsp3) is 0.125. The first kappa shape index (κ1) is 14.1. The molecule has 0 aliphatic rings. The van der Waals surface area contributed by atoms with Crippen LogP contribution in [0.25, 0.3) is 0 Å². The van der Waals surface area contributed by atoms with Crippen molar-refractivity contribution in [2.24, 2.45) is 0 Å². The molecule has 0 unspecified atom stereocenters. The third-order valence-electron chi connectivity index (χ3n) is 3.07. The van der Waals surface area contributed by atoms with Crippen molar-refractivity contribution in [2.75, 3.05) is 0 Å². The van der Waals surface area contributed by atoms with Crippen molar-refractivity contribution < 1.29 is 18.4 Å². The van der Waals surface area contributed by atoms with Gasteiger partial charge in [-0.3, -0.25) is 9.59 Å². The van der Waals surface area contributed by atoms with Gasteiger partial charge in [-0.1, -0.05) is 24.3 Å². The highest BCUT2D eigenvalue weighted by molar-refractivity contribution is 6.49. The minimum Gasteiger partial charge on any atom is -0.285 e. The predicted octanol–water partition coefficient (Wildman–Crippen LogP) is 3.65. The molecule has 0 aliphatic carbocycles. The van der Waals surface area contributed by atoms with Crippen molar-refractivity contribution in [3.63, 3.8) is 0 Å². The molecule has 2 rings (SSSR count). The number of halogens is 2. The van der Waals surface area contributed by atoms with Gasteiger partial charge < -0.3 is 0 Å². The number of carbonyl (C=O) groups excluding carboxylic acids is 2. The zero-order chi connectivity index (χ0) is 14.9. The number of hydrogen-bond acceptors (Lipinski definition) is 2. The molecule has 2 aromatic carbocycles. The van der Waals surface area contributed by atoms with Crippen molar-refractivity contribution in [1.29, 1.82) is 0 Å². The number of rotatable bonds is 3. The predicted molar refractivity (Wildman–Crippen MR) is 70.9 cm³/mol. The molecule has 0 aromatic heterocycles. The first-order valence-corrected chi connectivity index (χ1v) is 6.01. The summed E-state index contributed by atoms with van der Waals surface area (Å²) in [5.41, 5.74) is 0.684. The number of aryl methyl sites for hydroxylation is 2. The summed E-state index contributed by atoms with van der Waals surface area (Å²) in [4.78, 5) is 23.9. The molecule has 0 bridgehead atoms. The summed E-state index contributed by atoms with van der Waals surface area (Å²) < 4.78 is 26.8. The molecule has 0 saturated heterocycles. The van der Waals surface area contributed by atoms with E-state index in [1.807, 2.05) is 0 Å². The minimum atomic E-state index is -0.854. The summed E-state index contributed by atoms with van der Waals surface area (Å²) in [5, 5.41) is 0. The lowest BCUT2D eigenvalue weighted by Crippen LogP contribution is -2.15. The SMILES string of the molecule is Cc1ccc(C(=O)C(=O)c2ccc(C)c(F)c2)cc1F. The van der Waals surface area contributed by atoms with Crippen LogP contribution in [0.3, 0.4) is 0 Å². The number of hydrogen-bond donors (Lipinski definition) is 0. The monoisotopic (exact) mass is 274 g/mol. The Balaban J connectivity index is 2.34. The smallest absolute Gasteiger partial charge is 0.233 e. The molecule has 2 aromatic rings. The van der Waals surface area contributed by atoms with Crippen LogP contribution in [0.4, 0.5) is 8.78 Å². The van der Waals surface area contributed by atoms with Crippen molar-refractivity contribution in [2.45, 2.75) is 13.8 Å². The quantitative estimate of drug-likeness (QED) is 0.632. The average molecular weight is 274 g/mol. The van der Waals surface area contributed by atoms with E-state index in [-0.39, 0.29) is 11.1 Å². The van der Waals surface area contributed by atoms with E-state index in [0.29, 0.717) is 11.1 Å². The first-order chi connectivity index (χ1) is 9.40. The van der Waals surface area contributed by atoms with Crippen molar-refractivity contribution in [1.82, 2.24) is 0 Å². The highest BCUT2D eigenvalue weighted by Gasteiger charge is 2.20. The van der Waals surface area contributed by atoms with E-state index in [1.165, 1.54) is 24.3 Å². The van der Waals surface area contributed by atoms with Crippen LogP contribution in [0.5, 0.6) is 0 Å². The summed E-state index contributed by atoms with van der Waals surface area (Å²) in [7, 11) is 0. The van der Waals surface area contributed by atoms with Gasteiger partial charge >= 0.3 is 0 Å². The van der Waals surface area contributed by atoms with Gasteiger partial charge in [0.15, 0.2) is 0 Å². The Bertz CT molecular complexity index is 644. The van der Waals surface area contributed by atoms with Gasteiger partial charge in [0.25, 0.3) is 0 Å². The van der Waals surface area contributed by atoms with Crippen LogP contribution in [0.2, 0.25) is 0 Å². The normalized spacial score (nSPS) is 10.4. The van der Waals surface area contributed by atoms with Gasteiger partial charge in [-0.15, -0.1) is 0 Å². The highest BCUT2D eigenvalue weighted by atomic mass is 19.1. The highest BCUT2D eigenvalue weighted by Crippen LogP contribution is 2.14. The van der Waals surface area contributed by atoms with Crippen molar-refractivity contribution >= 4 is 11.6 Å². The average Bonchev–Trinajstić information content (AvgIpc) is 2.43. The van der Waals surface area contributed by atoms with E-state index in [2.05, 4.69) is 0 Å². The van der Waals surface area contributed by atoms with Gasteiger partial charge in [0.2, 0.25) is 11.6 Å². The number of Topliss-reactive ketones (excluding diaryl/α,β-unsaturated/α-hetero) is 2. The van der Waals surface area contributed by atoms with Gasteiger partial charge in [-0.25, -0.2) is 8.78 Å². The summed E-state index contributed by atoms with van der Waals surface area (Å²) in [6.45, 7) is 3.11. The van der Waals surface area contributed by atoms with Gasteiger partial charge in [-0.2, -0.15) is 0 Å². The van der Waals surface area contributed by atoms with Crippen molar-refractivity contribution in [3.8, 4) is 0 Å². The lowest BCUT2D eigenvalue weighted by Gasteiger charge is -2.04. The van der Waals surface area contributed by atoms with Gasteiger partial charge in [-0.05, 0) is 37.1 Å². The second-order valence-electron chi connectivity index (χ2n) is 4.59. The maximum absolute atomic E-state index is 13.4. The largest absolute Gasteiger partial charge is 0.285 e. The minimum absolute atomic E-state index is 0.0425. The van der Waals surface area contributed by atoms with Crippen LogP contribution < -0.4 is 0 Å². The third kappa shape index (κ3) is 2.64. The Labute approximate surface area is 115 Å². The van der Waals surface area contributed by atoms with E-state index in [1.54, 1.807) is 13.8 Å². The molecule has 102 valence electrons. The molecule has 0 atom stereocenters. The van der Waals surface area contributed by atoms with Crippen LogP contribution in [0.15, 0.2) is 36.4 Å². The van der Waals surface area contributed by atoms with Gasteiger partial charge in [0.05, 0.1) is 0 Å². The summed E-state index contributed by atoms with van der Waals surface area (Å²) in [6.07, 6.45) is 0. The topological polar surface area (TPSA) is 34.1 Å². The Kier molecular flexibility index (Phi) is 3.74. The van der Waals surface area contributed by atoms with Crippen LogP contribution in [-0.4, -0.2) is 11.6 Å². The molecule has 4 heteroatoms. The molecule has 0 saturated carbocycles. The Hall–Kier alpha value is -2.36. The molecule has 20 heavy (non-hydrogen) atoms. The molecule has 0 fully saturated rings. The van der Waals surface area contributed by atoms with Crippen LogP contribution >= 0.6 is 0 Å². The van der Waals surface area contributed by atoms with E-state index < -0.39 is 23.2 Å². The maximum Gasteiger partial charge on any atom is 0.233 e. The van der Waals surface area contributed by atoms with Crippen molar-refractivity contribution in [3.05, 3.63) is 70.3 Å². The van der Waals surface area contributed by atoms with Gasteiger partial charge in [0.1, 0.15) is 11.6 Å². The number of benzene rings is 2. The zero-order valence-corrected chi connectivity index (χ0v) is 11.0. The molecular formula is C16H12F2O2. The molecule has 2 nitrogen and oxygen atoms in total. The zero-order valence-electron chi connectivity index (χ0n) is 11.0. The van der Waals surface area contributed by atoms with Crippen LogP contribution in [-0.2, 0) is 0 Å². The Morgan fingerprint density at radius 3 is 1.40 bits per heavy atom. The molecule has 0 heterocycles. The summed E-state index contributed by atoms with van der Waals surface area (Å²) >= 11 is 0. The first-order valence-electron chi connectivity index (χ1n) is 6.01. The molecule has 0 radical (unpaired) electrons.